The molecule has 0 aliphatic carbocycles. The predicted molar refractivity (Wildman–Crippen MR) is 155 cm³/mol. The van der Waals surface area contributed by atoms with Crippen molar-refractivity contribution in [3.8, 4) is 22.4 Å². The van der Waals surface area contributed by atoms with Crippen molar-refractivity contribution in [3.63, 3.8) is 0 Å². The van der Waals surface area contributed by atoms with Crippen LogP contribution in [0.5, 0.6) is 0 Å². The largest absolute Gasteiger partial charge is 0.455 e. The topological polar surface area (TPSA) is 26.0 Å². The van der Waals surface area contributed by atoms with Gasteiger partial charge in [-0.2, -0.15) is 0 Å². The second-order valence-corrected chi connectivity index (χ2v) is 10.7. The average molecular weight is 487 g/mol. The quantitative estimate of drug-likeness (QED) is 0.299. The molecule has 0 radical (unpaired) electrons. The van der Waals surface area contributed by atoms with E-state index >= 15 is 8.78 Å². The molecule has 0 N–H and O–H groups in total. The maximum atomic E-state index is 15.7. The van der Waals surface area contributed by atoms with Crippen LogP contribution in [0.1, 0.15) is 26.3 Å². The number of furan rings is 1. The number of halogens is 2. The molecule has 6 heteroatoms. The number of fused-ring (bicyclic) bond motifs is 4. The molecule has 0 amide bonds. The summed E-state index contributed by atoms with van der Waals surface area (Å²) in [7, 11) is 3.61. The van der Waals surface area contributed by atoms with Gasteiger partial charge >= 0.3 is 0 Å². The highest BCUT2D eigenvalue weighted by molar-refractivity contribution is 6.38. The maximum absolute atomic E-state index is 15.7. The van der Waals surface area contributed by atoms with Crippen LogP contribution in [0.2, 0.25) is 0 Å². The van der Waals surface area contributed by atoms with Crippen molar-refractivity contribution in [2.45, 2.75) is 26.2 Å². The Hall–Kier alpha value is -3.92. The smallest absolute Gasteiger partial charge is 0.164 e. The SMILES string of the molecule is Bc1nc(-c2cccc3c2oc2c(-c4cccc5ccccc45)c(F)ccc23)c(B)c(F)c1C(C)(C)C. The molecule has 0 bridgehead atoms. The van der Waals surface area contributed by atoms with Gasteiger partial charge in [-0.1, -0.05) is 75.4 Å². The fourth-order valence-electron chi connectivity index (χ4n) is 5.61. The number of rotatable bonds is 2. The zero-order valence-electron chi connectivity index (χ0n) is 21.5. The van der Waals surface area contributed by atoms with Crippen LogP contribution in [0.4, 0.5) is 8.78 Å². The highest BCUT2D eigenvalue weighted by Crippen LogP contribution is 2.42. The van der Waals surface area contributed by atoms with Gasteiger partial charge in [0.25, 0.3) is 0 Å². The first-order chi connectivity index (χ1) is 17.7. The van der Waals surface area contributed by atoms with Gasteiger partial charge in [-0.05, 0) is 45.4 Å². The van der Waals surface area contributed by atoms with E-state index in [9.17, 15) is 0 Å². The molecule has 2 aromatic heterocycles. The highest BCUT2D eigenvalue weighted by atomic mass is 19.1. The molecule has 37 heavy (non-hydrogen) atoms. The summed E-state index contributed by atoms with van der Waals surface area (Å²) in [6, 6.07) is 22.8. The molecule has 0 aliphatic rings. The molecule has 0 saturated carbocycles. The van der Waals surface area contributed by atoms with E-state index in [1.54, 1.807) is 13.9 Å². The van der Waals surface area contributed by atoms with Gasteiger partial charge in [0.05, 0.1) is 11.3 Å². The van der Waals surface area contributed by atoms with Crippen LogP contribution >= 0.6 is 0 Å². The minimum absolute atomic E-state index is 0.245. The van der Waals surface area contributed by atoms with E-state index in [-0.39, 0.29) is 17.0 Å². The lowest BCUT2D eigenvalue weighted by molar-refractivity contribution is 0.529. The lowest BCUT2D eigenvalue weighted by Gasteiger charge is -2.24. The van der Waals surface area contributed by atoms with Crippen molar-refractivity contribution in [2.24, 2.45) is 0 Å². The first kappa shape index (κ1) is 23.5. The Morgan fingerprint density at radius 1 is 0.730 bits per heavy atom. The van der Waals surface area contributed by atoms with Gasteiger partial charge in [-0.3, -0.25) is 4.98 Å². The van der Waals surface area contributed by atoms with Crippen LogP contribution in [0.15, 0.2) is 77.2 Å². The zero-order chi connectivity index (χ0) is 26.1. The first-order valence-corrected chi connectivity index (χ1v) is 12.5. The molecule has 2 heterocycles. The number of hydrogen-bond acceptors (Lipinski definition) is 2. The third-order valence-electron chi connectivity index (χ3n) is 7.23. The van der Waals surface area contributed by atoms with Crippen LogP contribution < -0.4 is 11.1 Å². The standard InChI is InChI=1S/C31H25B2F2NO/c1-31(2,3)24-26(35)25(32)27(36-30(24)33)21-13-7-12-19-20-14-15-22(34)23(29(20)37-28(19)21)18-11-6-9-16-8-4-5-10-17(16)18/h4-15H,32-33H2,1-3H3. The summed E-state index contributed by atoms with van der Waals surface area (Å²) in [4.78, 5) is 4.86. The number of pyridine rings is 1. The Morgan fingerprint density at radius 2 is 1.38 bits per heavy atom. The summed E-state index contributed by atoms with van der Waals surface area (Å²) in [5.74, 6) is -0.596. The Morgan fingerprint density at radius 3 is 2.16 bits per heavy atom. The molecule has 180 valence electrons. The molecule has 0 aliphatic heterocycles. The summed E-state index contributed by atoms with van der Waals surface area (Å²) in [6.07, 6.45) is 0. The van der Waals surface area contributed by atoms with Gasteiger partial charge in [-0.15, -0.1) is 0 Å². The van der Waals surface area contributed by atoms with Gasteiger partial charge in [0.2, 0.25) is 0 Å². The lowest BCUT2D eigenvalue weighted by Crippen LogP contribution is -2.34. The van der Waals surface area contributed by atoms with Crippen molar-refractivity contribution in [3.05, 3.63) is 90.0 Å². The fourth-order valence-corrected chi connectivity index (χ4v) is 5.61. The average Bonchev–Trinajstić information content (AvgIpc) is 3.24. The monoisotopic (exact) mass is 487 g/mol. The number of para-hydroxylation sites is 1. The molecule has 2 nitrogen and oxygen atoms in total. The van der Waals surface area contributed by atoms with Crippen molar-refractivity contribution in [1.82, 2.24) is 4.98 Å². The molecule has 0 atom stereocenters. The Bertz CT molecular complexity index is 1860. The van der Waals surface area contributed by atoms with Crippen LogP contribution in [0.25, 0.3) is 55.1 Å². The summed E-state index contributed by atoms with van der Waals surface area (Å²) < 4.78 is 37.6. The third kappa shape index (κ3) is 3.58. The van der Waals surface area contributed by atoms with E-state index in [0.717, 1.165) is 27.1 Å². The molecule has 0 fully saturated rings. The van der Waals surface area contributed by atoms with Crippen LogP contribution in [-0.4, -0.2) is 20.7 Å². The molecule has 6 aromatic rings. The van der Waals surface area contributed by atoms with Crippen LogP contribution in [-0.2, 0) is 5.41 Å². The molecule has 0 unspecified atom stereocenters. The van der Waals surface area contributed by atoms with E-state index in [2.05, 4.69) is 0 Å². The van der Waals surface area contributed by atoms with Gasteiger partial charge in [0.1, 0.15) is 30.6 Å². The molecule has 4 aromatic carbocycles. The molecule has 0 spiro atoms. The van der Waals surface area contributed by atoms with Gasteiger partial charge in [0.15, 0.2) is 7.85 Å². The highest BCUT2D eigenvalue weighted by Gasteiger charge is 2.26. The van der Waals surface area contributed by atoms with Crippen LogP contribution in [0, 0.1) is 11.6 Å². The fraction of sp³-hybridized carbons (Fsp3) is 0.129. The normalized spacial score (nSPS) is 12.1. The van der Waals surface area contributed by atoms with E-state index in [4.69, 9.17) is 9.40 Å². The minimum atomic E-state index is -0.374. The van der Waals surface area contributed by atoms with Crippen molar-refractivity contribution >= 4 is 59.5 Å². The molecular formula is C31H25B2F2NO. The third-order valence-corrected chi connectivity index (χ3v) is 7.23. The maximum Gasteiger partial charge on any atom is 0.164 e. The van der Waals surface area contributed by atoms with E-state index in [0.29, 0.717) is 44.6 Å². The molecule has 6 rings (SSSR count). The van der Waals surface area contributed by atoms with Gasteiger partial charge < -0.3 is 4.42 Å². The number of benzene rings is 4. The number of hydrogen-bond donors (Lipinski definition) is 0. The first-order valence-electron chi connectivity index (χ1n) is 12.5. The summed E-state index contributed by atoms with van der Waals surface area (Å²) >= 11 is 0. The Kier molecular flexibility index (Phi) is 5.27. The second-order valence-electron chi connectivity index (χ2n) is 10.7. The summed E-state index contributed by atoms with van der Waals surface area (Å²) in [6.45, 7) is 5.97. The van der Waals surface area contributed by atoms with E-state index in [1.807, 2.05) is 89.3 Å². The Labute approximate surface area is 216 Å². The van der Waals surface area contributed by atoms with Crippen molar-refractivity contribution in [1.29, 1.82) is 0 Å². The van der Waals surface area contributed by atoms with Crippen LogP contribution in [0.3, 0.4) is 0 Å². The number of aromatic nitrogens is 1. The predicted octanol–water partition coefficient (Wildman–Crippen LogP) is 5.56. The summed E-state index contributed by atoms with van der Waals surface area (Å²) in [5.41, 5.74) is 4.84. The Balaban J connectivity index is 1.67. The summed E-state index contributed by atoms with van der Waals surface area (Å²) in [5, 5.41) is 3.62. The van der Waals surface area contributed by atoms with E-state index < -0.39 is 0 Å². The van der Waals surface area contributed by atoms with Crippen molar-refractivity contribution in [2.75, 3.05) is 0 Å². The number of nitrogens with zero attached hydrogens (tertiary/aromatic N) is 1. The zero-order valence-corrected chi connectivity index (χ0v) is 21.5. The van der Waals surface area contributed by atoms with Crippen molar-refractivity contribution < 1.29 is 13.2 Å². The molecule has 0 saturated heterocycles. The van der Waals surface area contributed by atoms with E-state index in [1.165, 1.54) is 6.07 Å². The lowest BCUT2D eigenvalue weighted by atomic mass is 9.76. The minimum Gasteiger partial charge on any atom is -0.455 e. The van der Waals surface area contributed by atoms with Gasteiger partial charge in [-0.25, -0.2) is 8.78 Å². The van der Waals surface area contributed by atoms with Gasteiger partial charge in [0, 0.05) is 27.5 Å². The molecular weight excluding hydrogens is 462 g/mol. The second kappa shape index (κ2) is 8.31.